The van der Waals surface area contributed by atoms with Gasteiger partial charge in [0.1, 0.15) is 0 Å². The van der Waals surface area contributed by atoms with Gasteiger partial charge in [0.25, 0.3) is 0 Å². The van der Waals surface area contributed by atoms with Crippen LogP contribution >= 0.6 is 11.3 Å². The highest BCUT2D eigenvalue weighted by molar-refractivity contribution is 7.14. The van der Waals surface area contributed by atoms with Crippen LogP contribution in [0.2, 0.25) is 0 Å². The molecule has 5 nitrogen and oxygen atoms in total. The molecule has 0 saturated carbocycles. The molecule has 3 rings (SSSR count). The molecule has 0 fully saturated rings. The summed E-state index contributed by atoms with van der Waals surface area (Å²) in [4.78, 5) is 16.9. The van der Waals surface area contributed by atoms with Crippen LogP contribution < -0.4 is 14.8 Å². The molecule has 0 atom stereocenters. The molecule has 1 amide bonds. The SMILES string of the molecule is CCOc1ccc(/C=C/C(=O)Nc2nc(-c3cc(C)ccc3C)cs2)cc1OCC. The van der Waals surface area contributed by atoms with E-state index in [0.29, 0.717) is 29.8 Å². The average Bonchev–Trinajstić information content (AvgIpc) is 3.18. The van der Waals surface area contributed by atoms with Gasteiger partial charge in [0.05, 0.1) is 18.9 Å². The number of aromatic nitrogens is 1. The summed E-state index contributed by atoms with van der Waals surface area (Å²) >= 11 is 1.41. The summed E-state index contributed by atoms with van der Waals surface area (Å²) in [6.07, 6.45) is 3.23. The van der Waals surface area contributed by atoms with E-state index in [1.165, 1.54) is 23.0 Å². The smallest absolute Gasteiger partial charge is 0.250 e. The van der Waals surface area contributed by atoms with Gasteiger partial charge in [0, 0.05) is 17.0 Å². The number of carbonyl (C=O) groups excluding carboxylic acids is 1. The first-order valence-electron chi connectivity index (χ1n) is 9.92. The molecule has 0 radical (unpaired) electrons. The molecule has 0 aliphatic rings. The minimum absolute atomic E-state index is 0.233. The third-order valence-corrected chi connectivity index (χ3v) is 5.16. The van der Waals surface area contributed by atoms with Crippen LogP contribution in [0, 0.1) is 13.8 Å². The van der Waals surface area contributed by atoms with Gasteiger partial charge in [-0.3, -0.25) is 10.1 Å². The van der Waals surface area contributed by atoms with E-state index in [4.69, 9.17) is 9.47 Å². The molecule has 1 aromatic heterocycles. The summed E-state index contributed by atoms with van der Waals surface area (Å²) in [6.45, 7) is 9.07. The lowest BCUT2D eigenvalue weighted by Gasteiger charge is -2.11. The third kappa shape index (κ3) is 5.48. The fourth-order valence-electron chi connectivity index (χ4n) is 2.96. The van der Waals surface area contributed by atoms with Gasteiger partial charge in [-0.1, -0.05) is 23.8 Å². The molecule has 6 heteroatoms. The first-order chi connectivity index (χ1) is 14.5. The second-order valence-electron chi connectivity index (χ2n) is 6.75. The fourth-order valence-corrected chi connectivity index (χ4v) is 3.67. The van der Waals surface area contributed by atoms with E-state index in [0.717, 1.165) is 22.4 Å². The molecule has 0 unspecified atom stereocenters. The van der Waals surface area contributed by atoms with Gasteiger partial charge in [-0.2, -0.15) is 0 Å². The number of aryl methyl sites for hydroxylation is 2. The quantitative estimate of drug-likeness (QED) is 0.461. The zero-order valence-electron chi connectivity index (χ0n) is 17.7. The lowest BCUT2D eigenvalue weighted by atomic mass is 10.0. The molecule has 156 valence electrons. The Balaban J connectivity index is 1.69. The van der Waals surface area contributed by atoms with E-state index in [-0.39, 0.29) is 5.91 Å². The lowest BCUT2D eigenvalue weighted by Crippen LogP contribution is -2.07. The van der Waals surface area contributed by atoms with Crippen LogP contribution in [0.3, 0.4) is 0 Å². The molecule has 0 spiro atoms. The molecule has 0 bridgehead atoms. The number of benzene rings is 2. The Bertz CT molecular complexity index is 1060. The number of nitrogens with one attached hydrogen (secondary N) is 1. The van der Waals surface area contributed by atoms with Crippen LogP contribution in [-0.2, 0) is 4.79 Å². The van der Waals surface area contributed by atoms with Crippen molar-refractivity contribution in [3.05, 3.63) is 64.5 Å². The van der Waals surface area contributed by atoms with Crippen LogP contribution in [0.5, 0.6) is 11.5 Å². The summed E-state index contributed by atoms with van der Waals surface area (Å²) in [5.74, 6) is 1.13. The van der Waals surface area contributed by atoms with Gasteiger partial charge in [0.15, 0.2) is 16.6 Å². The summed E-state index contributed by atoms with van der Waals surface area (Å²) in [5, 5.41) is 5.37. The van der Waals surface area contributed by atoms with E-state index in [1.54, 1.807) is 6.08 Å². The molecular weight excluding hydrogens is 396 g/mol. The highest BCUT2D eigenvalue weighted by atomic mass is 32.1. The first kappa shape index (κ1) is 21.6. The standard InChI is InChI=1S/C24H26N2O3S/c1-5-28-21-11-9-18(14-22(21)29-6-2)10-12-23(27)26-24-25-20(15-30-24)19-13-16(3)7-8-17(19)4/h7-15H,5-6H2,1-4H3,(H,25,26,27)/b12-10+. The zero-order chi connectivity index (χ0) is 21.5. The molecular formula is C24H26N2O3S. The molecule has 30 heavy (non-hydrogen) atoms. The Morgan fingerprint density at radius 1 is 1.07 bits per heavy atom. The Morgan fingerprint density at radius 3 is 2.60 bits per heavy atom. The number of thiazole rings is 1. The van der Waals surface area contributed by atoms with E-state index in [2.05, 4.69) is 42.3 Å². The number of carbonyl (C=O) groups is 1. The monoisotopic (exact) mass is 422 g/mol. The fraction of sp³-hybridized carbons (Fsp3) is 0.250. The minimum Gasteiger partial charge on any atom is -0.490 e. The average molecular weight is 423 g/mol. The predicted molar refractivity (Wildman–Crippen MR) is 123 cm³/mol. The first-order valence-corrected chi connectivity index (χ1v) is 10.8. The van der Waals surface area contributed by atoms with Crippen LogP contribution in [-0.4, -0.2) is 24.1 Å². The van der Waals surface area contributed by atoms with Gasteiger partial charge in [-0.05, 0) is 63.1 Å². The van der Waals surface area contributed by atoms with Crippen LogP contribution in [0.25, 0.3) is 17.3 Å². The number of hydrogen-bond donors (Lipinski definition) is 1. The molecule has 1 N–H and O–H groups in total. The van der Waals surface area contributed by atoms with E-state index in [1.807, 2.05) is 37.4 Å². The summed E-state index contributed by atoms with van der Waals surface area (Å²) in [5.41, 5.74) is 5.14. The Labute approximate surface area is 181 Å². The third-order valence-electron chi connectivity index (χ3n) is 4.40. The summed E-state index contributed by atoms with van der Waals surface area (Å²) in [6, 6.07) is 11.9. The summed E-state index contributed by atoms with van der Waals surface area (Å²) < 4.78 is 11.2. The lowest BCUT2D eigenvalue weighted by molar-refractivity contribution is -0.111. The number of rotatable bonds is 8. The Morgan fingerprint density at radius 2 is 1.83 bits per heavy atom. The van der Waals surface area contributed by atoms with Crippen molar-refractivity contribution in [1.82, 2.24) is 4.98 Å². The minimum atomic E-state index is -0.233. The van der Waals surface area contributed by atoms with Gasteiger partial charge in [-0.15, -0.1) is 11.3 Å². The number of amides is 1. The molecule has 0 aliphatic heterocycles. The molecule has 0 saturated heterocycles. The van der Waals surface area contributed by atoms with Crippen LogP contribution in [0.15, 0.2) is 47.9 Å². The number of ether oxygens (including phenoxy) is 2. The molecule has 1 heterocycles. The van der Waals surface area contributed by atoms with E-state index in [9.17, 15) is 4.79 Å². The number of nitrogens with zero attached hydrogens (tertiary/aromatic N) is 1. The van der Waals surface area contributed by atoms with Crippen LogP contribution in [0.4, 0.5) is 5.13 Å². The largest absolute Gasteiger partial charge is 0.490 e. The van der Waals surface area contributed by atoms with Crippen molar-refractivity contribution < 1.29 is 14.3 Å². The highest BCUT2D eigenvalue weighted by Gasteiger charge is 2.09. The van der Waals surface area contributed by atoms with Crippen molar-refractivity contribution >= 4 is 28.5 Å². The van der Waals surface area contributed by atoms with Gasteiger partial charge in [0.2, 0.25) is 5.91 Å². The van der Waals surface area contributed by atoms with Crippen LogP contribution in [0.1, 0.15) is 30.5 Å². The normalized spacial score (nSPS) is 10.9. The maximum atomic E-state index is 12.3. The van der Waals surface area contributed by atoms with Gasteiger partial charge in [-0.25, -0.2) is 4.98 Å². The number of hydrogen-bond acceptors (Lipinski definition) is 5. The summed E-state index contributed by atoms with van der Waals surface area (Å²) in [7, 11) is 0. The predicted octanol–water partition coefficient (Wildman–Crippen LogP) is 5.88. The number of anilines is 1. The molecule has 0 aliphatic carbocycles. The van der Waals surface area contributed by atoms with Crippen molar-refractivity contribution in [2.75, 3.05) is 18.5 Å². The van der Waals surface area contributed by atoms with E-state index >= 15 is 0 Å². The van der Waals surface area contributed by atoms with Crippen molar-refractivity contribution in [3.63, 3.8) is 0 Å². The Hall–Kier alpha value is -3.12. The maximum Gasteiger partial charge on any atom is 0.250 e. The van der Waals surface area contributed by atoms with Crippen molar-refractivity contribution in [2.24, 2.45) is 0 Å². The Kier molecular flexibility index (Phi) is 7.25. The maximum absolute atomic E-state index is 12.3. The van der Waals surface area contributed by atoms with Gasteiger partial charge < -0.3 is 9.47 Å². The van der Waals surface area contributed by atoms with Gasteiger partial charge >= 0.3 is 0 Å². The van der Waals surface area contributed by atoms with Crippen molar-refractivity contribution in [2.45, 2.75) is 27.7 Å². The zero-order valence-corrected chi connectivity index (χ0v) is 18.5. The molecule has 2 aromatic carbocycles. The van der Waals surface area contributed by atoms with E-state index < -0.39 is 0 Å². The molecule has 3 aromatic rings. The highest BCUT2D eigenvalue weighted by Crippen LogP contribution is 2.30. The topological polar surface area (TPSA) is 60.5 Å². The second kappa shape index (κ2) is 10.1. The van der Waals surface area contributed by atoms with Crippen molar-refractivity contribution in [1.29, 1.82) is 0 Å². The van der Waals surface area contributed by atoms with Crippen molar-refractivity contribution in [3.8, 4) is 22.8 Å². The second-order valence-corrected chi connectivity index (χ2v) is 7.61.